The Kier molecular flexibility index (Phi) is 5.22. The van der Waals surface area contributed by atoms with E-state index in [1.54, 1.807) is 6.07 Å². The van der Waals surface area contributed by atoms with Gasteiger partial charge in [-0.05, 0) is 27.4 Å². The van der Waals surface area contributed by atoms with Gasteiger partial charge < -0.3 is 14.7 Å². The summed E-state index contributed by atoms with van der Waals surface area (Å²) >= 11 is 0. The van der Waals surface area contributed by atoms with Crippen LogP contribution in [-0.4, -0.2) is 37.3 Å². The topological polar surface area (TPSA) is 36.6 Å². The number of aryl methyl sites for hydroxylation is 1. The van der Waals surface area contributed by atoms with Gasteiger partial charge in [-0.2, -0.15) is 4.57 Å². The number of aromatic nitrogens is 1. The summed E-state index contributed by atoms with van der Waals surface area (Å²) in [6.45, 7) is 6.52. The van der Waals surface area contributed by atoms with Crippen LogP contribution in [0.2, 0.25) is 0 Å². The maximum absolute atomic E-state index is 9.77. The average Bonchev–Trinajstić information content (AvgIpc) is 2.27. The van der Waals surface area contributed by atoms with Crippen molar-refractivity contribution in [2.45, 2.75) is 26.8 Å². The zero-order valence-electron chi connectivity index (χ0n) is 11.2. The third kappa shape index (κ3) is 3.89. The van der Waals surface area contributed by atoms with Gasteiger partial charge in [0.25, 0.3) is 0 Å². The van der Waals surface area contributed by atoms with E-state index in [0.29, 0.717) is 12.4 Å². The number of hydrogen-bond acceptors (Lipinski definition) is 3. The average molecular weight is 239 g/mol. The van der Waals surface area contributed by atoms with E-state index in [0.717, 1.165) is 25.2 Å². The van der Waals surface area contributed by atoms with Gasteiger partial charge in [0, 0.05) is 19.5 Å². The van der Waals surface area contributed by atoms with Gasteiger partial charge in [0.05, 0.1) is 6.61 Å². The summed E-state index contributed by atoms with van der Waals surface area (Å²) in [5.41, 5.74) is 0.970. The van der Waals surface area contributed by atoms with Gasteiger partial charge in [0.15, 0.2) is 11.9 Å². The highest BCUT2D eigenvalue weighted by molar-refractivity contribution is 5.38. The monoisotopic (exact) mass is 239 g/mol. The van der Waals surface area contributed by atoms with Crippen molar-refractivity contribution in [2.75, 3.05) is 27.2 Å². The highest BCUT2D eigenvalue weighted by Crippen LogP contribution is 2.26. The van der Waals surface area contributed by atoms with Crippen LogP contribution in [0.5, 0.6) is 11.5 Å². The van der Waals surface area contributed by atoms with Crippen LogP contribution < -0.4 is 9.30 Å². The number of nitrogens with zero attached hydrogens (tertiary/aromatic N) is 2. The molecule has 0 saturated carbocycles. The number of hydrogen-bond donors (Lipinski definition) is 1. The lowest BCUT2D eigenvalue weighted by Gasteiger charge is -2.12. The molecule has 0 saturated heterocycles. The van der Waals surface area contributed by atoms with Crippen LogP contribution in [0.4, 0.5) is 0 Å². The molecule has 0 atom stereocenters. The van der Waals surface area contributed by atoms with Gasteiger partial charge in [-0.1, -0.05) is 0 Å². The lowest BCUT2D eigenvalue weighted by molar-refractivity contribution is -0.699. The third-order valence-electron chi connectivity index (χ3n) is 2.74. The van der Waals surface area contributed by atoms with E-state index in [4.69, 9.17) is 4.74 Å². The van der Waals surface area contributed by atoms with Gasteiger partial charge >= 0.3 is 0 Å². The summed E-state index contributed by atoms with van der Waals surface area (Å²) in [5, 5.41) is 9.77. The molecule has 0 radical (unpaired) electrons. The number of ether oxygens (including phenoxy) is 1. The van der Waals surface area contributed by atoms with Crippen LogP contribution in [0.1, 0.15) is 19.0 Å². The predicted octanol–water partition coefficient (Wildman–Crippen LogP) is 1.34. The first-order valence-electron chi connectivity index (χ1n) is 6.05. The molecule has 1 aromatic rings. The molecule has 96 valence electrons. The second-order valence-electron chi connectivity index (χ2n) is 4.41. The molecule has 0 aromatic carbocycles. The van der Waals surface area contributed by atoms with Crippen LogP contribution in [0.25, 0.3) is 0 Å². The lowest BCUT2D eigenvalue weighted by Crippen LogP contribution is -2.35. The molecular weight excluding hydrogens is 216 g/mol. The predicted molar refractivity (Wildman–Crippen MR) is 67.4 cm³/mol. The summed E-state index contributed by atoms with van der Waals surface area (Å²) in [4.78, 5) is 2.12. The molecule has 0 aliphatic carbocycles. The van der Waals surface area contributed by atoms with E-state index in [-0.39, 0.29) is 5.75 Å². The molecule has 0 fully saturated rings. The fraction of sp³-hybridized carbons (Fsp3) is 0.615. The first kappa shape index (κ1) is 13.8. The largest absolute Gasteiger partial charge is 0.504 e. The van der Waals surface area contributed by atoms with E-state index in [9.17, 15) is 5.11 Å². The quantitative estimate of drug-likeness (QED) is 0.601. The molecule has 4 nitrogen and oxygen atoms in total. The minimum absolute atomic E-state index is 0.219. The van der Waals surface area contributed by atoms with Gasteiger partial charge in [0.1, 0.15) is 6.54 Å². The first-order chi connectivity index (χ1) is 8.06. The number of pyridine rings is 1. The standard InChI is InChI=1S/C13H22N2O2/c1-5-15-9-7-12(16)13(11(15)2)17-10-6-8-14(3)4/h7,9H,5-6,8,10H2,1-4H3/p+1. The van der Waals surface area contributed by atoms with Crippen molar-refractivity contribution in [3.05, 3.63) is 18.0 Å². The minimum Gasteiger partial charge on any atom is -0.504 e. The molecule has 4 heteroatoms. The fourth-order valence-corrected chi connectivity index (χ4v) is 1.74. The maximum Gasteiger partial charge on any atom is 0.228 e. The Balaban J connectivity index is 2.63. The smallest absolute Gasteiger partial charge is 0.228 e. The van der Waals surface area contributed by atoms with Gasteiger partial charge in [-0.25, -0.2) is 0 Å². The van der Waals surface area contributed by atoms with Crippen LogP contribution in [0.3, 0.4) is 0 Å². The molecule has 1 rings (SSSR count). The Morgan fingerprint density at radius 3 is 2.71 bits per heavy atom. The molecule has 0 aliphatic heterocycles. The second kappa shape index (κ2) is 6.45. The minimum atomic E-state index is 0.219. The van der Waals surface area contributed by atoms with E-state index in [1.807, 2.05) is 27.2 Å². The van der Waals surface area contributed by atoms with Gasteiger partial charge in [0.2, 0.25) is 11.4 Å². The molecule has 0 spiro atoms. The summed E-state index contributed by atoms with van der Waals surface area (Å²) in [6, 6.07) is 1.68. The number of rotatable bonds is 6. The van der Waals surface area contributed by atoms with Crippen molar-refractivity contribution in [2.24, 2.45) is 0 Å². The zero-order chi connectivity index (χ0) is 12.8. The molecule has 1 heterocycles. The summed E-state index contributed by atoms with van der Waals surface area (Å²) in [6.07, 6.45) is 2.82. The van der Waals surface area contributed by atoms with Gasteiger partial charge in [-0.3, -0.25) is 0 Å². The Labute approximate surface area is 103 Å². The van der Waals surface area contributed by atoms with Gasteiger partial charge in [-0.15, -0.1) is 0 Å². The lowest BCUT2D eigenvalue weighted by atomic mass is 10.3. The van der Waals surface area contributed by atoms with Crippen LogP contribution >= 0.6 is 0 Å². The molecule has 0 bridgehead atoms. The molecular formula is C13H23N2O2+. The van der Waals surface area contributed by atoms with E-state index >= 15 is 0 Å². The zero-order valence-corrected chi connectivity index (χ0v) is 11.2. The summed E-state index contributed by atoms with van der Waals surface area (Å²) in [7, 11) is 4.08. The van der Waals surface area contributed by atoms with E-state index in [1.165, 1.54) is 0 Å². The van der Waals surface area contributed by atoms with Crippen molar-refractivity contribution in [1.29, 1.82) is 0 Å². The molecule has 0 aliphatic rings. The van der Waals surface area contributed by atoms with Crippen LogP contribution in [-0.2, 0) is 6.54 Å². The van der Waals surface area contributed by atoms with Crippen molar-refractivity contribution >= 4 is 0 Å². The highest BCUT2D eigenvalue weighted by Gasteiger charge is 2.16. The summed E-state index contributed by atoms with van der Waals surface area (Å²) in [5.74, 6) is 0.824. The Morgan fingerprint density at radius 1 is 1.41 bits per heavy atom. The Bertz CT molecular complexity index is 365. The first-order valence-corrected chi connectivity index (χ1v) is 6.05. The van der Waals surface area contributed by atoms with Crippen molar-refractivity contribution in [1.82, 2.24) is 4.90 Å². The maximum atomic E-state index is 9.77. The van der Waals surface area contributed by atoms with Crippen molar-refractivity contribution in [3.8, 4) is 11.5 Å². The van der Waals surface area contributed by atoms with Crippen molar-refractivity contribution < 1.29 is 14.4 Å². The highest BCUT2D eigenvalue weighted by atomic mass is 16.5. The molecule has 17 heavy (non-hydrogen) atoms. The van der Waals surface area contributed by atoms with Crippen molar-refractivity contribution in [3.63, 3.8) is 0 Å². The molecule has 1 N–H and O–H groups in total. The van der Waals surface area contributed by atoms with E-state index in [2.05, 4.69) is 16.4 Å². The Morgan fingerprint density at radius 2 is 2.12 bits per heavy atom. The summed E-state index contributed by atoms with van der Waals surface area (Å²) < 4.78 is 7.72. The third-order valence-corrected chi connectivity index (χ3v) is 2.74. The van der Waals surface area contributed by atoms with Crippen LogP contribution in [0.15, 0.2) is 12.3 Å². The molecule has 0 amide bonds. The normalized spacial score (nSPS) is 10.9. The van der Waals surface area contributed by atoms with Crippen LogP contribution in [0, 0.1) is 6.92 Å². The van der Waals surface area contributed by atoms with E-state index < -0.39 is 0 Å². The molecule has 1 aromatic heterocycles. The Hall–Kier alpha value is -1.29. The molecule has 0 unspecified atom stereocenters. The number of aromatic hydroxyl groups is 1. The SMILES string of the molecule is CC[n+]1ccc(O)c(OCCCN(C)C)c1C. The second-order valence-corrected chi connectivity index (χ2v) is 4.41. The fourth-order valence-electron chi connectivity index (χ4n) is 1.74.